The van der Waals surface area contributed by atoms with Crippen molar-refractivity contribution in [1.29, 1.82) is 0 Å². The third-order valence-corrected chi connectivity index (χ3v) is 3.78. The third kappa shape index (κ3) is 5.27. The first-order valence-corrected chi connectivity index (χ1v) is 8.03. The van der Waals surface area contributed by atoms with E-state index in [-0.39, 0.29) is 37.0 Å². The summed E-state index contributed by atoms with van der Waals surface area (Å²) >= 11 is 0. The van der Waals surface area contributed by atoms with Crippen LogP contribution in [0.1, 0.15) is 12.5 Å². The topological polar surface area (TPSA) is 58.6 Å². The quantitative estimate of drug-likeness (QED) is 0.824. The van der Waals surface area contributed by atoms with Crippen LogP contribution in [-0.4, -0.2) is 32.0 Å². The number of nitrogens with zero attached hydrogens (tertiary/aromatic N) is 1. The van der Waals surface area contributed by atoms with Gasteiger partial charge >= 0.3 is 0 Å². The number of rotatable bonds is 7. The molecule has 0 heterocycles. The highest BCUT2D eigenvalue weighted by atomic mass is 19.2. The Morgan fingerprint density at radius 3 is 2.35 bits per heavy atom. The van der Waals surface area contributed by atoms with Crippen molar-refractivity contribution in [3.8, 4) is 5.75 Å². The zero-order chi connectivity index (χ0) is 19.1. The second-order valence-electron chi connectivity index (χ2n) is 5.64. The molecule has 0 atom stereocenters. The monoisotopic (exact) mass is 362 g/mol. The SMILES string of the molecule is COc1ccc(CC(=O)NCCN(C(C)=O)c2ccc(F)c(F)c2)cc1. The maximum atomic E-state index is 13.4. The molecular weight excluding hydrogens is 342 g/mol. The molecule has 0 aromatic heterocycles. The van der Waals surface area contributed by atoms with Crippen molar-refractivity contribution in [2.45, 2.75) is 13.3 Å². The number of methoxy groups -OCH3 is 1. The van der Waals surface area contributed by atoms with Crippen LogP contribution in [0.3, 0.4) is 0 Å². The van der Waals surface area contributed by atoms with Gasteiger partial charge in [0.05, 0.1) is 13.5 Å². The molecular formula is C19H20F2N2O3. The smallest absolute Gasteiger partial charge is 0.224 e. The number of hydrogen-bond acceptors (Lipinski definition) is 3. The number of carbonyl (C=O) groups excluding carboxylic acids is 2. The Labute approximate surface area is 150 Å². The first kappa shape index (κ1) is 19.4. The van der Waals surface area contributed by atoms with Crippen LogP contribution in [0.25, 0.3) is 0 Å². The Balaban J connectivity index is 1.89. The average Bonchev–Trinajstić information content (AvgIpc) is 2.61. The highest BCUT2D eigenvalue weighted by molar-refractivity contribution is 5.91. The molecule has 2 rings (SSSR count). The van der Waals surface area contributed by atoms with Gasteiger partial charge in [-0.15, -0.1) is 0 Å². The fraction of sp³-hybridized carbons (Fsp3) is 0.263. The van der Waals surface area contributed by atoms with Crippen molar-refractivity contribution < 1.29 is 23.1 Å². The van der Waals surface area contributed by atoms with Gasteiger partial charge in [-0.25, -0.2) is 8.78 Å². The van der Waals surface area contributed by atoms with Gasteiger partial charge in [0.1, 0.15) is 5.75 Å². The Bertz CT molecular complexity index is 779. The number of ether oxygens (including phenoxy) is 1. The summed E-state index contributed by atoms with van der Waals surface area (Å²) in [7, 11) is 1.56. The van der Waals surface area contributed by atoms with Crippen molar-refractivity contribution in [2.75, 3.05) is 25.1 Å². The van der Waals surface area contributed by atoms with E-state index in [0.717, 1.165) is 17.7 Å². The van der Waals surface area contributed by atoms with Gasteiger partial charge in [-0.1, -0.05) is 12.1 Å². The summed E-state index contributed by atoms with van der Waals surface area (Å²) in [6.07, 6.45) is 0.190. The van der Waals surface area contributed by atoms with E-state index >= 15 is 0 Å². The second-order valence-corrected chi connectivity index (χ2v) is 5.64. The summed E-state index contributed by atoms with van der Waals surface area (Å²) in [6, 6.07) is 10.4. The van der Waals surface area contributed by atoms with Crippen molar-refractivity contribution in [3.63, 3.8) is 0 Å². The molecule has 0 fully saturated rings. The van der Waals surface area contributed by atoms with E-state index in [2.05, 4.69) is 5.32 Å². The van der Waals surface area contributed by atoms with Crippen molar-refractivity contribution in [3.05, 3.63) is 59.7 Å². The minimum Gasteiger partial charge on any atom is -0.497 e. The van der Waals surface area contributed by atoms with Gasteiger partial charge in [-0.3, -0.25) is 9.59 Å². The van der Waals surface area contributed by atoms with Crippen LogP contribution in [0, 0.1) is 11.6 Å². The Morgan fingerprint density at radius 2 is 1.77 bits per heavy atom. The highest BCUT2D eigenvalue weighted by Crippen LogP contribution is 2.18. The minimum absolute atomic E-state index is 0.148. The van der Waals surface area contributed by atoms with Crippen LogP contribution >= 0.6 is 0 Å². The molecule has 1 N–H and O–H groups in total. The predicted octanol–water partition coefficient (Wildman–Crippen LogP) is 2.69. The maximum absolute atomic E-state index is 13.4. The molecule has 0 aliphatic rings. The van der Waals surface area contributed by atoms with Gasteiger partial charge < -0.3 is 15.0 Å². The lowest BCUT2D eigenvalue weighted by molar-refractivity contribution is -0.121. The lowest BCUT2D eigenvalue weighted by Crippen LogP contribution is -2.38. The van der Waals surface area contributed by atoms with Crippen LogP contribution < -0.4 is 15.0 Å². The molecule has 2 amide bonds. The van der Waals surface area contributed by atoms with E-state index in [1.165, 1.54) is 17.9 Å². The van der Waals surface area contributed by atoms with Crippen molar-refractivity contribution >= 4 is 17.5 Å². The van der Waals surface area contributed by atoms with Crippen LogP contribution in [0.15, 0.2) is 42.5 Å². The number of carbonyl (C=O) groups is 2. The van der Waals surface area contributed by atoms with Crippen LogP contribution in [0.4, 0.5) is 14.5 Å². The molecule has 0 radical (unpaired) electrons. The highest BCUT2D eigenvalue weighted by Gasteiger charge is 2.14. The zero-order valence-corrected chi connectivity index (χ0v) is 14.6. The zero-order valence-electron chi connectivity index (χ0n) is 14.6. The van der Waals surface area contributed by atoms with E-state index in [1.54, 1.807) is 31.4 Å². The summed E-state index contributed by atoms with van der Waals surface area (Å²) in [5, 5.41) is 2.71. The van der Waals surface area contributed by atoms with Gasteiger partial charge in [0.15, 0.2) is 11.6 Å². The van der Waals surface area contributed by atoms with E-state index in [4.69, 9.17) is 4.74 Å². The van der Waals surface area contributed by atoms with Crippen LogP contribution in [-0.2, 0) is 16.0 Å². The predicted molar refractivity (Wildman–Crippen MR) is 94.1 cm³/mol. The number of hydrogen-bond donors (Lipinski definition) is 1. The molecule has 26 heavy (non-hydrogen) atoms. The molecule has 2 aromatic carbocycles. The number of anilines is 1. The van der Waals surface area contributed by atoms with Gasteiger partial charge in [-0.2, -0.15) is 0 Å². The molecule has 0 aliphatic heterocycles. The summed E-state index contributed by atoms with van der Waals surface area (Å²) < 4.78 is 31.4. The molecule has 2 aromatic rings. The molecule has 0 spiro atoms. The molecule has 0 bridgehead atoms. The largest absolute Gasteiger partial charge is 0.497 e. The number of amides is 2. The van der Waals surface area contributed by atoms with E-state index in [9.17, 15) is 18.4 Å². The average molecular weight is 362 g/mol. The molecule has 138 valence electrons. The molecule has 0 saturated carbocycles. The van der Waals surface area contributed by atoms with Crippen molar-refractivity contribution in [1.82, 2.24) is 5.32 Å². The van der Waals surface area contributed by atoms with Gasteiger partial charge in [0, 0.05) is 31.8 Å². The van der Waals surface area contributed by atoms with E-state index in [0.29, 0.717) is 5.75 Å². The first-order chi connectivity index (χ1) is 12.4. The molecule has 0 unspecified atom stereocenters. The lowest BCUT2D eigenvalue weighted by atomic mass is 10.1. The summed E-state index contributed by atoms with van der Waals surface area (Å²) in [5.41, 5.74) is 1.06. The summed E-state index contributed by atoms with van der Waals surface area (Å²) in [4.78, 5) is 25.0. The minimum atomic E-state index is -1.03. The van der Waals surface area contributed by atoms with Crippen molar-refractivity contribution in [2.24, 2.45) is 0 Å². The van der Waals surface area contributed by atoms with E-state index in [1.807, 2.05) is 0 Å². The van der Waals surface area contributed by atoms with Gasteiger partial charge in [0.25, 0.3) is 0 Å². The van der Waals surface area contributed by atoms with Gasteiger partial charge in [-0.05, 0) is 29.8 Å². The Morgan fingerprint density at radius 1 is 1.08 bits per heavy atom. The number of halogens is 2. The lowest BCUT2D eigenvalue weighted by Gasteiger charge is -2.21. The fourth-order valence-electron chi connectivity index (χ4n) is 2.42. The first-order valence-electron chi connectivity index (χ1n) is 8.03. The van der Waals surface area contributed by atoms with E-state index < -0.39 is 11.6 Å². The Hall–Kier alpha value is -2.96. The molecule has 0 aliphatic carbocycles. The van der Waals surface area contributed by atoms with Crippen LogP contribution in [0.5, 0.6) is 5.75 Å². The Kier molecular flexibility index (Phi) is 6.66. The maximum Gasteiger partial charge on any atom is 0.224 e. The normalized spacial score (nSPS) is 10.3. The second kappa shape index (κ2) is 8.94. The molecule has 0 saturated heterocycles. The molecule has 5 nitrogen and oxygen atoms in total. The summed E-state index contributed by atoms with van der Waals surface area (Å²) in [5.74, 6) is -1.84. The standard InChI is InChI=1S/C19H20F2N2O3/c1-13(24)23(15-5-8-17(20)18(21)12-15)10-9-22-19(25)11-14-3-6-16(26-2)7-4-14/h3-8,12H,9-11H2,1-2H3,(H,22,25). The van der Waals surface area contributed by atoms with Gasteiger partial charge in [0.2, 0.25) is 11.8 Å². The van der Waals surface area contributed by atoms with Crippen LogP contribution in [0.2, 0.25) is 0 Å². The fourth-order valence-corrected chi connectivity index (χ4v) is 2.42. The molecule has 7 heteroatoms. The summed E-state index contributed by atoms with van der Waals surface area (Å²) in [6.45, 7) is 1.66. The third-order valence-electron chi connectivity index (χ3n) is 3.78. The number of nitrogens with one attached hydrogen (secondary N) is 1. The number of benzene rings is 2.